The molecule has 3 amide bonds. The van der Waals surface area contributed by atoms with Gasteiger partial charge in [0.1, 0.15) is 5.82 Å². The summed E-state index contributed by atoms with van der Waals surface area (Å²) in [5.74, 6) is 0.131. The Bertz CT molecular complexity index is 1270. The van der Waals surface area contributed by atoms with Gasteiger partial charge in [0, 0.05) is 48.0 Å². The highest BCUT2D eigenvalue weighted by Crippen LogP contribution is 2.31. The van der Waals surface area contributed by atoms with Crippen LogP contribution in [-0.4, -0.2) is 54.5 Å². The first-order valence-corrected chi connectivity index (χ1v) is 12.3. The maximum absolute atomic E-state index is 13.5. The fourth-order valence-electron chi connectivity index (χ4n) is 3.46. The Morgan fingerprint density at radius 2 is 1.66 bits per heavy atom. The molecule has 0 atom stereocenters. The summed E-state index contributed by atoms with van der Waals surface area (Å²) in [6.07, 6.45) is 4.78. The summed E-state index contributed by atoms with van der Waals surface area (Å²) in [7, 11) is 0. The Morgan fingerprint density at radius 1 is 0.974 bits per heavy atom. The van der Waals surface area contributed by atoms with Crippen molar-refractivity contribution in [2.24, 2.45) is 5.92 Å². The molecule has 11 heteroatoms. The molecule has 38 heavy (non-hydrogen) atoms. The van der Waals surface area contributed by atoms with Gasteiger partial charge in [0.2, 0.25) is 18.7 Å². The molecule has 2 N–H and O–H groups in total. The largest absolute Gasteiger partial charge is 0.378 e. The molecular formula is C27H28ClFN4O5. The minimum absolute atomic E-state index is 0.0766. The van der Waals surface area contributed by atoms with E-state index >= 15 is 0 Å². The summed E-state index contributed by atoms with van der Waals surface area (Å²) in [6, 6.07) is 15.7. The summed E-state index contributed by atoms with van der Waals surface area (Å²) in [5.41, 5.74) is 0.986. The number of benzene rings is 2. The fourth-order valence-corrected chi connectivity index (χ4v) is 3.59. The first-order chi connectivity index (χ1) is 18.4. The number of nitrogens with one attached hydrogen (secondary N) is 2. The first-order valence-electron chi connectivity index (χ1n) is 11.9. The van der Waals surface area contributed by atoms with Crippen LogP contribution in [0.3, 0.4) is 0 Å². The van der Waals surface area contributed by atoms with Gasteiger partial charge in [-0.3, -0.25) is 23.7 Å². The molecule has 9 nitrogen and oxygen atoms in total. The molecule has 0 bridgehead atoms. The van der Waals surface area contributed by atoms with Crippen LogP contribution in [-0.2, 0) is 19.1 Å². The van der Waals surface area contributed by atoms with E-state index in [1.165, 1.54) is 22.8 Å². The van der Waals surface area contributed by atoms with Crippen LogP contribution in [0.15, 0.2) is 71.7 Å². The smallest absolute Gasteiger partial charge is 0.255 e. The number of anilines is 2. The van der Waals surface area contributed by atoms with Crippen LogP contribution < -0.4 is 16.2 Å². The molecule has 0 radical (unpaired) electrons. The number of hydrogen-bond donors (Lipinski definition) is 2. The Kier molecular flexibility index (Phi) is 11.0. The number of amides is 3. The highest BCUT2D eigenvalue weighted by molar-refractivity contribution is 6.30. The number of nitrogens with zero attached hydrogens (tertiary/aromatic N) is 2. The summed E-state index contributed by atoms with van der Waals surface area (Å²) in [4.78, 5) is 45.0. The Morgan fingerprint density at radius 3 is 2.24 bits per heavy atom. The third-order valence-electron chi connectivity index (χ3n) is 5.59. The average Bonchev–Trinajstić information content (AvgIpc) is 3.78. The summed E-state index contributed by atoms with van der Waals surface area (Å²) in [6.45, 7) is 3.04. The normalized spacial score (nSPS) is 14.1. The molecule has 2 aromatic carbocycles. The monoisotopic (exact) mass is 542 g/mol. The van der Waals surface area contributed by atoms with Gasteiger partial charge in [0.15, 0.2) is 0 Å². The first kappa shape index (κ1) is 28.5. The Hall–Kier alpha value is -4.02. The lowest BCUT2D eigenvalue weighted by atomic mass is 10.2. The van der Waals surface area contributed by atoms with Gasteiger partial charge in [-0.2, -0.15) is 0 Å². The lowest BCUT2D eigenvalue weighted by molar-refractivity contribution is -0.136. The van der Waals surface area contributed by atoms with Gasteiger partial charge in [-0.1, -0.05) is 17.7 Å². The van der Waals surface area contributed by atoms with Crippen molar-refractivity contribution in [2.45, 2.75) is 12.8 Å². The summed E-state index contributed by atoms with van der Waals surface area (Å²) >= 11 is 5.60. The number of carbonyl (C=O) groups is 3. The van der Waals surface area contributed by atoms with E-state index in [4.69, 9.17) is 16.3 Å². The van der Waals surface area contributed by atoms with E-state index in [0.29, 0.717) is 35.4 Å². The Labute approximate surface area is 224 Å². The molecule has 1 aromatic heterocycles. The molecule has 1 aliphatic heterocycles. The number of ether oxygens (including phenoxy) is 1. The number of rotatable bonds is 6. The molecule has 2 fully saturated rings. The molecule has 200 valence electrons. The summed E-state index contributed by atoms with van der Waals surface area (Å²) < 4.78 is 20.0. The highest BCUT2D eigenvalue weighted by Gasteiger charge is 2.33. The second-order valence-corrected chi connectivity index (χ2v) is 8.75. The molecule has 2 heterocycles. The van der Waals surface area contributed by atoms with Crippen molar-refractivity contribution in [3.63, 3.8) is 0 Å². The average molecular weight is 543 g/mol. The third-order valence-corrected chi connectivity index (χ3v) is 5.84. The van der Waals surface area contributed by atoms with E-state index in [1.54, 1.807) is 48.7 Å². The highest BCUT2D eigenvalue weighted by atomic mass is 35.5. The predicted molar refractivity (Wildman–Crippen MR) is 143 cm³/mol. The van der Waals surface area contributed by atoms with Crippen molar-refractivity contribution in [3.8, 4) is 5.69 Å². The van der Waals surface area contributed by atoms with E-state index in [-0.39, 0.29) is 11.2 Å². The SMILES string of the molecule is O=C(C1CC1)N1CCOCC1.O=CNc1ccc(-n2ccccc2=O)cc1F.O=CNc1ccc(Cl)cc1. The van der Waals surface area contributed by atoms with E-state index in [2.05, 4.69) is 10.6 Å². The van der Waals surface area contributed by atoms with Crippen LogP contribution >= 0.6 is 11.6 Å². The third kappa shape index (κ3) is 8.82. The maximum Gasteiger partial charge on any atom is 0.255 e. The zero-order valence-corrected chi connectivity index (χ0v) is 21.3. The van der Waals surface area contributed by atoms with Gasteiger partial charge in [-0.05, 0) is 55.3 Å². The van der Waals surface area contributed by atoms with E-state index < -0.39 is 5.82 Å². The van der Waals surface area contributed by atoms with Crippen LogP contribution in [0.2, 0.25) is 5.02 Å². The zero-order chi connectivity index (χ0) is 27.3. The van der Waals surface area contributed by atoms with Crippen molar-refractivity contribution in [2.75, 3.05) is 36.9 Å². The molecule has 1 saturated heterocycles. The lowest BCUT2D eigenvalue weighted by Crippen LogP contribution is -2.41. The van der Waals surface area contributed by atoms with Crippen molar-refractivity contribution in [1.29, 1.82) is 0 Å². The standard InChI is InChI=1S/C12H9FN2O2.C8H13NO2.C7H6ClNO/c13-10-7-9(4-5-11(10)14-8-16)15-6-2-1-3-12(15)17;10-8(7-1-2-7)9-3-5-11-6-4-9;8-6-1-3-7(4-2-6)9-5-10/h1-8H,(H,14,16);7H,1-6H2;1-5H,(H,9,10). The second kappa shape index (κ2) is 14.7. The molecule has 2 aliphatic rings. The molecule has 1 aliphatic carbocycles. The molecule has 5 rings (SSSR count). The van der Waals surface area contributed by atoms with E-state index in [0.717, 1.165) is 44.8 Å². The predicted octanol–water partition coefficient (Wildman–Crippen LogP) is 3.71. The fraction of sp³-hybridized carbons (Fsp3) is 0.259. The number of morpholine rings is 1. The molecule has 0 unspecified atom stereocenters. The number of hydrogen-bond acceptors (Lipinski definition) is 5. The molecule has 3 aromatic rings. The topological polar surface area (TPSA) is 110 Å². The minimum atomic E-state index is -0.592. The van der Waals surface area contributed by atoms with Crippen LogP contribution in [0, 0.1) is 11.7 Å². The van der Waals surface area contributed by atoms with Crippen LogP contribution in [0.4, 0.5) is 15.8 Å². The number of halogens is 2. The van der Waals surface area contributed by atoms with E-state index in [9.17, 15) is 23.6 Å². The lowest BCUT2D eigenvalue weighted by Gasteiger charge is -2.26. The Balaban J connectivity index is 0.000000166. The van der Waals surface area contributed by atoms with Gasteiger partial charge in [0.25, 0.3) is 5.56 Å². The zero-order valence-electron chi connectivity index (χ0n) is 20.5. The van der Waals surface area contributed by atoms with Gasteiger partial charge < -0.3 is 20.3 Å². The number of aromatic nitrogens is 1. The minimum Gasteiger partial charge on any atom is -0.378 e. The van der Waals surface area contributed by atoms with Gasteiger partial charge in [-0.25, -0.2) is 4.39 Å². The van der Waals surface area contributed by atoms with Crippen molar-refractivity contribution in [3.05, 3.63) is 88.1 Å². The van der Waals surface area contributed by atoms with Crippen LogP contribution in [0.1, 0.15) is 12.8 Å². The van der Waals surface area contributed by atoms with Crippen LogP contribution in [0.5, 0.6) is 0 Å². The number of pyridine rings is 1. The number of carbonyl (C=O) groups excluding carboxylic acids is 3. The van der Waals surface area contributed by atoms with Crippen molar-refractivity contribution < 1.29 is 23.5 Å². The maximum atomic E-state index is 13.5. The molecule has 1 saturated carbocycles. The van der Waals surface area contributed by atoms with Gasteiger partial charge in [-0.15, -0.1) is 0 Å². The van der Waals surface area contributed by atoms with Gasteiger partial charge >= 0.3 is 0 Å². The van der Waals surface area contributed by atoms with Crippen molar-refractivity contribution in [1.82, 2.24) is 9.47 Å². The van der Waals surface area contributed by atoms with Crippen molar-refractivity contribution >= 4 is 41.7 Å². The molecule has 0 spiro atoms. The molecular weight excluding hydrogens is 515 g/mol. The quantitative estimate of drug-likeness (QED) is 0.462. The second-order valence-electron chi connectivity index (χ2n) is 8.32. The van der Waals surface area contributed by atoms with Crippen LogP contribution in [0.25, 0.3) is 5.69 Å². The summed E-state index contributed by atoms with van der Waals surface area (Å²) in [5, 5.41) is 5.39. The van der Waals surface area contributed by atoms with E-state index in [1.807, 2.05) is 4.90 Å². The van der Waals surface area contributed by atoms with Gasteiger partial charge in [0.05, 0.1) is 24.6 Å².